The highest BCUT2D eigenvalue weighted by molar-refractivity contribution is 6.31. The third-order valence-corrected chi connectivity index (χ3v) is 4.81. The van der Waals surface area contributed by atoms with Gasteiger partial charge in [0.2, 0.25) is 0 Å². The highest BCUT2D eigenvalue weighted by Gasteiger charge is 2.09. The van der Waals surface area contributed by atoms with Crippen molar-refractivity contribution in [1.82, 2.24) is 10.3 Å². The van der Waals surface area contributed by atoms with Gasteiger partial charge in [-0.1, -0.05) is 60.1 Å². The van der Waals surface area contributed by atoms with Crippen molar-refractivity contribution in [2.24, 2.45) is 0 Å². The second-order valence-electron chi connectivity index (χ2n) is 6.27. The summed E-state index contributed by atoms with van der Waals surface area (Å²) in [6.45, 7) is 0.389. The Bertz CT molecular complexity index is 1120. The maximum absolute atomic E-state index is 12.6. The first kappa shape index (κ1) is 17.3. The summed E-state index contributed by atoms with van der Waals surface area (Å²) in [7, 11) is 0. The Labute approximate surface area is 162 Å². The van der Waals surface area contributed by atoms with E-state index in [1.165, 1.54) is 0 Å². The Morgan fingerprint density at radius 3 is 2.59 bits per heavy atom. The number of rotatable bonds is 4. The predicted molar refractivity (Wildman–Crippen MR) is 110 cm³/mol. The number of para-hydroxylation sites is 1. The van der Waals surface area contributed by atoms with E-state index in [2.05, 4.69) is 16.4 Å². The van der Waals surface area contributed by atoms with Crippen molar-refractivity contribution in [2.75, 3.05) is 0 Å². The van der Waals surface area contributed by atoms with Crippen molar-refractivity contribution in [3.8, 4) is 11.1 Å². The van der Waals surface area contributed by atoms with Gasteiger partial charge < -0.3 is 5.32 Å². The van der Waals surface area contributed by atoms with Crippen molar-refractivity contribution in [2.45, 2.75) is 6.54 Å². The van der Waals surface area contributed by atoms with Gasteiger partial charge in [-0.15, -0.1) is 0 Å². The van der Waals surface area contributed by atoms with Crippen LogP contribution in [-0.4, -0.2) is 10.9 Å². The lowest BCUT2D eigenvalue weighted by Gasteiger charge is -2.09. The van der Waals surface area contributed by atoms with Gasteiger partial charge in [-0.25, -0.2) is 0 Å². The number of pyridine rings is 1. The molecule has 3 nitrogen and oxygen atoms in total. The number of nitrogens with zero attached hydrogens (tertiary/aromatic N) is 1. The number of hydrogen-bond acceptors (Lipinski definition) is 2. The Kier molecular flexibility index (Phi) is 4.86. The second-order valence-corrected chi connectivity index (χ2v) is 6.68. The normalized spacial score (nSPS) is 10.7. The maximum Gasteiger partial charge on any atom is 0.251 e. The molecule has 0 unspecified atom stereocenters. The van der Waals surface area contributed by atoms with Crippen molar-refractivity contribution >= 4 is 28.4 Å². The van der Waals surface area contributed by atoms with E-state index in [9.17, 15) is 4.79 Å². The lowest BCUT2D eigenvalue weighted by atomic mass is 10.0. The van der Waals surface area contributed by atoms with Crippen LogP contribution in [0, 0.1) is 0 Å². The highest BCUT2D eigenvalue weighted by Crippen LogP contribution is 2.23. The SMILES string of the molecule is O=C(NCc1ccccc1Cl)c1cccc(-c2cnc3ccccc3c2)c1. The van der Waals surface area contributed by atoms with Gasteiger partial charge in [-0.05, 0) is 41.5 Å². The molecular formula is C23H17ClN2O. The quantitative estimate of drug-likeness (QED) is 0.515. The molecule has 1 aromatic heterocycles. The van der Waals surface area contributed by atoms with E-state index in [0.29, 0.717) is 17.1 Å². The molecule has 1 heterocycles. The maximum atomic E-state index is 12.6. The van der Waals surface area contributed by atoms with E-state index < -0.39 is 0 Å². The number of carbonyl (C=O) groups is 1. The number of hydrogen-bond donors (Lipinski definition) is 1. The van der Waals surface area contributed by atoms with Crippen LogP contribution in [0.2, 0.25) is 5.02 Å². The zero-order valence-electron chi connectivity index (χ0n) is 14.5. The largest absolute Gasteiger partial charge is 0.348 e. The van der Waals surface area contributed by atoms with E-state index in [4.69, 9.17) is 11.6 Å². The van der Waals surface area contributed by atoms with Gasteiger partial charge in [0.25, 0.3) is 5.91 Å². The van der Waals surface area contributed by atoms with E-state index in [1.807, 2.05) is 72.9 Å². The first-order valence-corrected chi connectivity index (χ1v) is 9.05. The fourth-order valence-corrected chi connectivity index (χ4v) is 3.19. The minimum atomic E-state index is -0.134. The minimum Gasteiger partial charge on any atom is -0.348 e. The molecular weight excluding hydrogens is 356 g/mol. The molecule has 0 atom stereocenters. The molecule has 0 spiro atoms. The molecule has 0 saturated heterocycles. The van der Waals surface area contributed by atoms with Crippen LogP contribution in [0.5, 0.6) is 0 Å². The molecule has 0 bridgehead atoms. The Morgan fingerprint density at radius 1 is 0.889 bits per heavy atom. The third kappa shape index (κ3) is 3.83. The monoisotopic (exact) mass is 372 g/mol. The summed E-state index contributed by atoms with van der Waals surface area (Å²) in [4.78, 5) is 17.1. The molecule has 4 aromatic rings. The van der Waals surface area contributed by atoms with E-state index in [1.54, 1.807) is 6.07 Å². The molecule has 1 amide bonds. The molecule has 132 valence electrons. The van der Waals surface area contributed by atoms with Crippen LogP contribution in [0.25, 0.3) is 22.0 Å². The van der Waals surface area contributed by atoms with Gasteiger partial charge in [-0.3, -0.25) is 9.78 Å². The van der Waals surface area contributed by atoms with Crippen LogP contribution in [0.4, 0.5) is 0 Å². The van der Waals surface area contributed by atoms with Gasteiger partial charge >= 0.3 is 0 Å². The Morgan fingerprint density at radius 2 is 1.70 bits per heavy atom. The molecule has 0 aliphatic carbocycles. The number of carbonyl (C=O) groups excluding carboxylic acids is 1. The summed E-state index contributed by atoms with van der Waals surface area (Å²) < 4.78 is 0. The fraction of sp³-hybridized carbons (Fsp3) is 0.0435. The zero-order valence-corrected chi connectivity index (χ0v) is 15.3. The molecule has 0 fully saturated rings. The summed E-state index contributed by atoms with van der Waals surface area (Å²) in [5, 5.41) is 4.65. The molecule has 0 aliphatic rings. The number of amides is 1. The fourth-order valence-electron chi connectivity index (χ4n) is 2.99. The lowest BCUT2D eigenvalue weighted by molar-refractivity contribution is 0.0951. The van der Waals surface area contributed by atoms with Crippen molar-refractivity contribution in [3.63, 3.8) is 0 Å². The van der Waals surface area contributed by atoms with Gasteiger partial charge in [0, 0.05) is 34.3 Å². The van der Waals surface area contributed by atoms with Gasteiger partial charge in [0.05, 0.1) is 5.52 Å². The average molecular weight is 373 g/mol. The lowest BCUT2D eigenvalue weighted by Crippen LogP contribution is -2.22. The second kappa shape index (κ2) is 7.60. The van der Waals surface area contributed by atoms with Gasteiger partial charge in [0.1, 0.15) is 0 Å². The standard InChI is InChI=1S/C23H17ClN2O/c24-21-10-3-1-7-19(21)14-26-23(27)18-9-5-8-16(12-18)20-13-17-6-2-4-11-22(17)25-15-20/h1-13,15H,14H2,(H,26,27). The number of fused-ring (bicyclic) bond motifs is 1. The molecule has 0 saturated carbocycles. The molecule has 0 radical (unpaired) electrons. The van der Waals surface area contributed by atoms with Crippen molar-refractivity contribution < 1.29 is 4.79 Å². The van der Waals surface area contributed by atoms with Crippen LogP contribution < -0.4 is 5.32 Å². The van der Waals surface area contributed by atoms with Crippen molar-refractivity contribution in [3.05, 3.63) is 101 Å². The molecule has 4 heteroatoms. The molecule has 0 aliphatic heterocycles. The van der Waals surface area contributed by atoms with Crippen LogP contribution in [-0.2, 0) is 6.54 Å². The summed E-state index contributed by atoms with van der Waals surface area (Å²) in [6.07, 6.45) is 1.84. The number of aromatic nitrogens is 1. The third-order valence-electron chi connectivity index (χ3n) is 4.45. The first-order valence-electron chi connectivity index (χ1n) is 8.67. The van der Waals surface area contributed by atoms with Crippen LogP contribution >= 0.6 is 11.6 Å². The predicted octanol–water partition coefficient (Wildman–Crippen LogP) is 5.49. The summed E-state index contributed by atoms with van der Waals surface area (Å²) in [5.74, 6) is -0.134. The summed E-state index contributed by atoms with van der Waals surface area (Å²) in [5.41, 5.74) is 4.39. The molecule has 3 aromatic carbocycles. The zero-order chi connectivity index (χ0) is 18.6. The Balaban J connectivity index is 1.56. The molecule has 27 heavy (non-hydrogen) atoms. The highest BCUT2D eigenvalue weighted by atomic mass is 35.5. The minimum absolute atomic E-state index is 0.134. The number of benzene rings is 3. The van der Waals surface area contributed by atoms with Gasteiger partial charge in [0.15, 0.2) is 0 Å². The molecule has 1 N–H and O–H groups in total. The number of halogens is 1. The van der Waals surface area contributed by atoms with E-state index >= 15 is 0 Å². The van der Waals surface area contributed by atoms with Crippen molar-refractivity contribution in [1.29, 1.82) is 0 Å². The van der Waals surface area contributed by atoms with E-state index in [-0.39, 0.29) is 5.91 Å². The topological polar surface area (TPSA) is 42.0 Å². The smallest absolute Gasteiger partial charge is 0.251 e. The van der Waals surface area contributed by atoms with Gasteiger partial charge in [-0.2, -0.15) is 0 Å². The van der Waals surface area contributed by atoms with Crippen LogP contribution in [0.15, 0.2) is 85.1 Å². The summed E-state index contributed by atoms with van der Waals surface area (Å²) in [6, 6.07) is 25.1. The van der Waals surface area contributed by atoms with Crippen LogP contribution in [0.3, 0.4) is 0 Å². The Hall–Kier alpha value is -3.17. The van der Waals surface area contributed by atoms with Crippen LogP contribution in [0.1, 0.15) is 15.9 Å². The summed E-state index contributed by atoms with van der Waals surface area (Å²) >= 11 is 6.15. The molecule has 4 rings (SSSR count). The average Bonchev–Trinajstić information content (AvgIpc) is 2.72. The number of nitrogens with one attached hydrogen (secondary N) is 1. The van der Waals surface area contributed by atoms with E-state index in [0.717, 1.165) is 27.6 Å². The first-order chi connectivity index (χ1) is 13.2.